The number of ether oxygens (including phenoxy) is 3. The molecule has 1 unspecified atom stereocenters. The van der Waals surface area contributed by atoms with Gasteiger partial charge in [-0.3, -0.25) is 4.57 Å². The molecule has 2 aromatic heterocycles. The maximum atomic E-state index is 14.1. The summed E-state index contributed by atoms with van der Waals surface area (Å²) >= 11 is 0. The third-order valence-electron chi connectivity index (χ3n) is 8.18. The summed E-state index contributed by atoms with van der Waals surface area (Å²) in [6.07, 6.45) is 3.69. The molecule has 3 aliphatic rings. The van der Waals surface area contributed by atoms with E-state index in [1.54, 1.807) is 24.3 Å². The zero-order valence-electron chi connectivity index (χ0n) is 22.8. The van der Waals surface area contributed by atoms with E-state index < -0.39 is 6.43 Å². The van der Waals surface area contributed by atoms with Crippen LogP contribution in [0.2, 0.25) is 0 Å². The predicted molar refractivity (Wildman–Crippen MR) is 147 cm³/mol. The SMILES string of the molecule is FC(F)c1nc2ccccc2n1-c1cc(OC2CCC(CNCC3CCCOC3)CC2)nc(N2CCOCC2)n1. The van der Waals surface area contributed by atoms with Gasteiger partial charge >= 0.3 is 0 Å². The van der Waals surface area contributed by atoms with Gasteiger partial charge in [-0.15, -0.1) is 0 Å². The Bertz CT molecular complexity index is 1250. The number of aromatic nitrogens is 4. The summed E-state index contributed by atoms with van der Waals surface area (Å²) in [5.74, 6) is 2.10. The fourth-order valence-corrected chi connectivity index (χ4v) is 6.00. The number of imidazole rings is 1. The van der Waals surface area contributed by atoms with Crippen LogP contribution in [0.15, 0.2) is 30.3 Å². The van der Waals surface area contributed by atoms with Crippen molar-refractivity contribution in [3.63, 3.8) is 0 Å². The van der Waals surface area contributed by atoms with Gasteiger partial charge in [0.25, 0.3) is 6.43 Å². The molecule has 2 saturated heterocycles. The molecule has 1 aliphatic carbocycles. The van der Waals surface area contributed by atoms with Crippen molar-refractivity contribution >= 4 is 17.0 Å². The summed E-state index contributed by atoms with van der Waals surface area (Å²) in [7, 11) is 0. The Morgan fingerprint density at radius 3 is 2.50 bits per heavy atom. The highest BCUT2D eigenvalue weighted by atomic mass is 19.3. The van der Waals surface area contributed by atoms with Gasteiger partial charge in [0.2, 0.25) is 11.8 Å². The summed E-state index contributed by atoms with van der Waals surface area (Å²) in [5.41, 5.74) is 1.07. The Labute approximate surface area is 233 Å². The second-order valence-electron chi connectivity index (χ2n) is 11.1. The molecule has 1 saturated carbocycles. The molecule has 3 aromatic rings. The summed E-state index contributed by atoms with van der Waals surface area (Å²) < 4.78 is 47.2. The van der Waals surface area contributed by atoms with E-state index >= 15 is 0 Å². The van der Waals surface area contributed by atoms with Crippen LogP contribution in [0.1, 0.15) is 50.8 Å². The average molecular weight is 557 g/mol. The van der Waals surface area contributed by atoms with E-state index in [2.05, 4.69) is 10.3 Å². The number of morpholine rings is 1. The van der Waals surface area contributed by atoms with Gasteiger partial charge in [-0.25, -0.2) is 13.8 Å². The molecule has 40 heavy (non-hydrogen) atoms. The Balaban J connectivity index is 1.18. The minimum absolute atomic E-state index is 0.0254. The number of nitrogens with zero attached hydrogens (tertiary/aromatic N) is 5. The van der Waals surface area contributed by atoms with Crippen molar-refractivity contribution in [2.24, 2.45) is 11.8 Å². The lowest BCUT2D eigenvalue weighted by Gasteiger charge is -2.30. The highest BCUT2D eigenvalue weighted by Crippen LogP contribution is 2.31. The zero-order chi connectivity index (χ0) is 27.3. The molecule has 9 nitrogen and oxygen atoms in total. The van der Waals surface area contributed by atoms with E-state index in [1.165, 1.54) is 11.0 Å². The largest absolute Gasteiger partial charge is 0.474 e. The normalized spacial score (nSPS) is 24.1. The maximum Gasteiger partial charge on any atom is 0.296 e. The minimum atomic E-state index is -2.76. The number of para-hydroxylation sites is 2. The van der Waals surface area contributed by atoms with E-state index in [0.717, 1.165) is 58.4 Å². The van der Waals surface area contributed by atoms with Crippen LogP contribution in [0.25, 0.3) is 16.9 Å². The molecule has 0 bridgehead atoms. The number of halogens is 2. The van der Waals surface area contributed by atoms with Crippen LogP contribution < -0.4 is 15.0 Å². The Hall–Kier alpha value is -2.89. The quantitative estimate of drug-likeness (QED) is 0.411. The van der Waals surface area contributed by atoms with Gasteiger partial charge in [0.05, 0.1) is 30.9 Å². The van der Waals surface area contributed by atoms with Crippen molar-refractivity contribution in [2.75, 3.05) is 57.5 Å². The summed E-state index contributed by atoms with van der Waals surface area (Å²) in [4.78, 5) is 15.7. The number of hydrogen-bond donors (Lipinski definition) is 1. The zero-order valence-corrected chi connectivity index (χ0v) is 22.8. The lowest BCUT2D eigenvalue weighted by Crippen LogP contribution is -2.37. The molecule has 1 N–H and O–H groups in total. The number of alkyl halides is 2. The maximum absolute atomic E-state index is 14.1. The first-order chi connectivity index (χ1) is 19.6. The number of benzene rings is 1. The highest BCUT2D eigenvalue weighted by molar-refractivity contribution is 5.78. The molecule has 0 spiro atoms. The molecular weight excluding hydrogens is 518 g/mol. The topological polar surface area (TPSA) is 86.6 Å². The monoisotopic (exact) mass is 556 g/mol. The molecule has 0 radical (unpaired) electrons. The van der Waals surface area contributed by atoms with Gasteiger partial charge in [-0.05, 0) is 69.0 Å². The van der Waals surface area contributed by atoms with Crippen molar-refractivity contribution < 1.29 is 23.0 Å². The fraction of sp³-hybridized carbons (Fsp3) is 0.621. The molecular formula is C29H38F2N6O3. The second kappa shape index (κ2) is 12.7. The lowest BCUT2D eigenvalue weighted by molar-refractivity contribution is 0.0539. The summed E-state index contributed by atoms with van der Waals surface area (Å²) in [6.45, 7) is 6.18. The lowest BCUT2D eigenvalue weighted by atomic mass is 9.87. The van der Waals surface area contributed by atoms with Gasteiger partial charge in [0, 0.05) is 32.3 Å². The standard InChI is InChI=1S/C29H38F2N6O3/c30-27(31)28-33-23-5-1-2-6-24(23)37(28)25-16-26(35-29(34-25)36-11-14-38-15-12-36)40-22-9-7-20(8-10-22)17-32-18-21-4-3-13-39-19-21/h1-2,5-6,16,20-22,27,32H,3-4,7-15,17-19H2. The summed E-state index contributed by atoms with van der Waals surface area (Å²) in [6, 6.07) is 8.79. The van der Waals surface area contributed by atoms with Crippen LogP contribution in [0.3, 0.4) is 0 Å². The van der Waals surface area contributed by atoms with E-state index in [9.17, 15) is 8.78 Å². The number of nitrogens with one attached hydrogen (secondary N) is 1. The first-order valence-corrected chi connectivity index (χ1v) is 14.6. The van der Waals surface area contributed by atoms with E-state index in [4.69, 9.17) is 24.2 Å². The van der Waals surface area contributed by atoms with Crippen LogP contribution in [0, 0.1) is 11.8 Å². The van der Waals surface area contributed by atoms with Crippen molar-refractivity contribution in [3.05, 3.63) is 36.2 Å². The number of anilines is 1. The van der Waals surface area contributed by atoms with Crippen LogP contribution >= 0.6 is 0 Å². The number of hydrogen-bond acceptors (Lipinski definition) is 8. The predicted octanol–water partition coefficient (Wildman–Crippen LogP) is 4.54. The van der Waals surface area contributed by atoms with Crippen molar-refractivity contribution in [3.8, 4) is 11.7 Å². The molecule has 11 heteroatoms. The third-order valence-corrected chi connectivity index (χ3v) is 8.18. The van der Waals surface area contributed by atoms with Crippen LogP contribution in [0.4, 0.5) is 14.7 Å². The number of rotatable bonds is 9. The second-order valence-corrected chi connectivity index (χ2v) is 11.1. The van der Waals surface area contributed by atoms with E-state index in [1.807, 2.05) is 11.0 Å². The molecule has 2 aliphatic heterocycles. The number of fused-ring (bicyclic) bond motifs is 1. The Kier molecular flexibility index (Phi) is 8.69. The van der Waals surface area contributed by atoms with Crippen molar-refractivity contribution in [1.82, 2.24) is 24.8 Å². The third kappa shape index (κ3) is 6.37. The fourth-order valence-electron chi connectivity index (χ4n) is 6.00. The first kappa shape index (κ1) is 27.3. The molecule has 1 aromatic carbocycles. The smallest absolute Gasteiger partial charge is 0.296 e. The Morgan fingerprint density at radius 2 is 1.73 bits per heavy atom. The van der Waals surface area contributed by atoms with Gasteiger partial charge in [0.1, 0.15) is 11.9 Å². The van der Waals surface area contributed by atoms with Crippen LogP contribution in [0.5, 0.6) is 5.88 Å². The molecule has 1 atom stereocenters. The van der Waals surface area contributed by atoms with Gasteiger partial charge in [-0.1, -0.05) is 12.1 Å². The van der Waals surface area contributed by atoms with Gasteiger partial charge < -0.3 is 24.4 Å². The molecule has 4 heterocycles. The van der Waals surface area contributed by atoms with Gasteiger partial charge in [0.15, 0.2) is 5.82 Å². The van der Waals surface area contributed by atoms with Crippen molar-refractivity contribution in [1.29, 1.82) is 0 Å². The average Bonchev–Trinajstić information content (AvgIpc) is 3.39. The van der Waals surface area contributed by atoms with Crippen LogP contribution in [-0.2, 0) is 9.47 Å². The molecule has 216 valence electrons. The molecule has 6 rings (SSSR count). The Morgan fingerprint density at radius 1 is 0.925 bits per heavy atom. The summed E-state index contributed by atoms with van der Waals surface area (Å²) in [5, 5.41) is 3.66. The van der Waals surface area contributed by atoms with Gasteiger partial charge in [-0.2, -0.15) is 9.97 Å². The molecule has 3 fully saturated rings. The first-order valence-electron chi connectivity index (χ1n) is 14.6. The van der Waals surface area contributed by atoms with Crippen LogP contribution in [-0.4, -0.2) is 78.2 Å². The minimum Gasteiger partial charge on any atom is -0.474 e. The van der Waals surface area contributed by atoms with Crippen molar-refractivity contribution in [2.45, 2.75) is 51.1 Å². The van der Waals surface area contributed by atoms with E-state index in [-0.39, 0.29) is 11.9 Å². The molecule has 0 amide bonds. The highest BCUT2D eigenvalue weighted by Gasteiger charge is 2.26. The van der Waals surface area contributed by atoms with E-state index in [0.29, 0.717) is 66.8 Å².